The van der Waals surface area contributed by atoms with Crippen LogP contribution in [0.3, 0.4) is 0 Å². The van der Waals surface area contributed by atoms with Gasteiger partial charge in [-0.2, -0.15) is 0 Å². The van der Waals surface area contributed by atoms with Crippen molar-refractivity contribution in [3.05, 3.63) is 12.3 Å². The largest absolute Gasteiger partial charge is 0.396 e. The number of pyridine rings is 1. The summed E-state index contributed by atoms with van der Waals surface area (Å²) >= 11 is 0. The van der Waals surface area contributed by atoms with E-state index in [1.807, 2.05) is 6.07 Å². The van der Waals surface area contributed by atoms with E-state index in [1.54, 1.807) is 6.20 Å². The smallest absolute Gasteiger partial charge is 0.125 e. The van der Waals surface area contributed by atoms with Gasteiger partial charge in [0.2, 0.25) is 0 Å². The summed E-state index contributed by atoms with van der Waals surface area (Å²) in [6.45, 7) is 3.91. The van der Waals surface area contributed by atoms with E-state index in [4.69, 9.17) is 11.5 Å². The highest BCUT2D eigenvalue weighted by Crippen LogP contribution is 2.23. The average molecular weight is 193 g/mol. The Labute approximate surface area is 83.1 Å². The predicted molar refractivity (Wildman–Crippen MR) is 58.1 cm³/mol. The lowest BCUT2D eigenvalue weighted by Gasteiger charge is -2.30. The second-order valence-electron chi connectivity index (χ2n) is 3.41. The molecule has 76 valence electrons. The molecule has 0 amide bonds. The van der Waals surface area contributed by atoms with Crippen molar-refractivity contribution in [1.82, 2.24) is 10.3 Å². The van der Waals surface area contributed by atoms with Crippen molar-refractivity contribution in [2.75, 3.05) is 42.5 Å². The summed E-state index contributed by atoms with van der Waals surface area (Å²) in [5.41, 5.74) is 13.2. The molecule has 0 saturated carbocycles. The van der Waals surface area contributed by atoms with Crippen LogP contribution < -0.4 is 21.7 Å². The third kappa shape index (κ3) is 1.72. The van der Waals surface area contributed by atoms with Gasteiger partial charge < -0.3 is 21.7 Å². The molecule has 1 fully saturated rings. The maximum absolute atomic E-state index is 5.84. The number of aromatic nitrogens is 1. The van der Waals surface area contributed by atoms with Crippen molar-refractivity contribution < 1.29 is 0 Å². The third-order valence-electron chi connectivity index (χ3n) is 2.39. The zero-order valence-corrected chi connectivity index (χ0v) is 8.03. The van der Waals surface area contributed by atoms with E-state index in [2.05, 4.69) is 15.2 Å². The normalized spacial score (nSPS) is 17.0. The standard InChI is InChI=1S/C9H15N5/c10-7-6-13-9(11)5-8(7)14-3-1-12-2-4-14/h5-6,12H,1-4,10H2,(H2,11,13). The maximum Gasteiger partial charge on any atom is 0.125 e. The summed E-state index contributed by atoms with van der Waals surface area (Å²) in [5, 5.41) is 3.29. The van der Waals surface area contributed by atoms with Crippen LogP contribution in [0.4, 0.5) is 17.2 Å². The van der Waals surface area contributed by atoms with E-state index in [0.29, 0.717) is 11.5 Å². The highest BCUT2D eigenvalue weighted by Gasteiger charge is 2.13. The van der Waals surface area contributed by atoms with Gasteiger partial charge in [-0.05, 0) is 0 Å². The zero-order chi connectivity index (χ0) is 9.97. The fourth-order valence-electron chi connectivity index (χ4n) is 1.65. The molecular weight excluding hydrogens is 178 g/mol. The molecule has 0 aliphatic carbocycles. The van der Waals surface area contributed by atoms with Crippen molar-refractivity contribution in [1.29, 1.82) is 0 Å². The van der Waals surface area contributed by atoms with Gasteiger partial charge in [0.25, 0.3) is 0 Å². The first-order valence-electron chi connectivity index (χ1n) is 4.74. The molecule has 1 aliphatic heterocycles. The van der Waals surface area contributed by atoms with Crippen LogP contribution >= 0.6 is 0 Å². The van der Waals surface area contributed by atoms with Gasteiger partial charge in [-0.25, -0.2) is 4.98 Å². The van der Waals surface area contributed by atoms with Gasteiger partial charge in [0, 0.05) is 32.2 Å². The Morgan fingerprint density at radius 1 is 1.29 bits per heavy atom. The second-order valence-corrected chi connectivity index (χ2v) is 3.41. The van der Waals surface area contributed by atoms with Gasteiger partial charge >= 0.3 is 0 Å². The molecule has 0 unspecified atom stereocenters. The summed E-state index contributed by atoms with van der Waals surface area (Å²) in [6.07, 6.45) is 1.62. The molecule has 0 spiro atoms. The van der Waals surface area contributed by atoms with E-state index in [9.17, 15) is 0 Å². The van der Waals surface area contributed by atoms with Gasteiger partial charge in [-0.15, -0.1) is 0 Å². The van der Waals surface area contributed by atoms with Crippen molar-refractivity contribution in [3.8, 4) is 0 Å². The van der Waals surface area contributed by atoms with Crippen LogP contribution in [0.2, 0.25) is 0 Å². The Kier molecular flexibility index (Phi) is 2.41. The molecule has 0 aromatic carbocycles. The molecule has 5 heteroatoms. The van der Waals surface area contributed by atoms with Crippen LogP contribution in [0, 0.1) is 0 Å². The number of nitrogens with two attached hydrogens (primary N) is 2. The van der Waals surface area contributed by atoms with E-state index in [0.717, 1.165) is 31.9 Å². The van der Waals surface area contributed by atoms with E-state index in [-0.39, 0.29) is 0 Å². The van der Waals surface area contributed by atoms with Gasteiger partial charge in [0.1, 0.15) is 5.82 Å². The lowest BCUT2D eigenvalue weighted by Crippen LogP contribution is -2.43. The number of hydrogen-bond donors (Lipinski definition) is 3. The third-order valence-corrected chi connectivity index (χ3v) is 2.39. The molecule has 1 aromatic rings. The van der Waals surface area contributed by atoms with E-state index >= 15 is 0 Å². The second kappa shape index (κ2) is 3.71. The highest BCUT2D eigenvalue weighted by atomic mass is 15.2. The van der Waals surface area contributed by atoms with Crippen LogP contribution in [-0.2, 0) is 0 Å². The van der Waals surface area contributed by atoms with Gasteiger partial charge in [-0.1, -0.05) is 0 Å². The molecule has 0 atom stereocenters. The number of hydrogen-bond acceptors (Lipinski definition) is 5. The molecule has 0 radical (unpaired) electrons. The van der Waals surface area contributed by atoms with Crippen LogP contribution in [0.15, 0.2) is 12.3 Å². The summed E-state index contributed by atoms with van der Waals surface area (Å²) in [7, 11) is 0. The van der Waals surface area contributed by atoms with Crippen LogP contribution in [0.5, 0.6) is 0 Å². The molecule has 5 N–H and O–H groups in total. The molecule has 2 heterocycles. The maximum atomic E-state index is 5.84. The van der Waals surface area contributed by atoms with Crippen molar-refractivity contribution in [2.45, 2.75) is 0 Å². The molecule has 1 saturated heterocycles. The summed E-state index contributed by atoms with van der Waals surface area (Å²) in [4.78, 5) is 6.17. The number of nitrogen functional groups attached to an aromatic ring is 2. The number of nitrogens with zero attached hydrogens (tertiary/aromatic N) is 2. The lowest BCUT2D eigenvalue weighted by atomic mass is 10.2. The molecule has 0 bridgehead atoms. The van der Waals surface area contributed by atoms with E-state index in [1.165, 1.54) is 0 Å². The Bertz CT molecular complexity index is 319. The fourth-order valence-corrected chi connectivity index (χ4v) is 1.65. The van der Waals surface area contributed by atoms with Crippen molar-refractivity contribution in [2.24, 2.45) is 0 Å². The Hall–Kier alpha value is -1.49. The molecule has 2 rings (SSSR count). The van der Waals surface area contributed by atoms with Crippen molar-refractivity contribution >= 4 is 17.2 Å². The van der Waals surface area contributed by atoms with Crippen LogP contribution in [0.1, 0.15) is 0 Å². The molecule has 5 nitrogen and oxygen atoms in total. The Morgan fingerprint density at radius 2 is 2.00 bits per heavy atom. The number of anilines is 3. The minimum absolute atomic E-state index is 0.521. The zero-order valence-electron chi connectivity index (χ0n) is 8.03. The molecule has 1 aliphatic rings. The number of rotatable bonds is 1. The first kappa shape index (κ1) is 9.08. The van der Waals surface area contributed by atoms with Crippen molar-refractivity contribution in [3.63, 3.8) is 0 Å². The van der Waals surface area contributed by atoms with Gasteiger partial charge in [0.05, 0.1) is 17.6 Å². The van der Waals surface area contributed by atoms with Crippen LogP contribution in [0.25, 0.3) is 0 Å². The van der Waals surface area contributed by atoms with Gasteiger partial charge in [-0.3, -0.25) is 0 Å². The summed E-state index contributed by atoms with van der Waals surface area (Å²) in [5.74, 6) is 0.521. The SMILES string of the molecule is Nc1cc(N2CCNCC2)c(N)cn1. The number of nitrogens with one attached hydrogen (secondary N) is 1. The summed E-state index contributed by atoms with van der Waals surface area (Å²) < 4.78 is 0. The fraction of sp³-hybridized carbons (Fsp3) is 0.444. The quantitative estimate of drug-likeness (QED) is 0.568. The monoisotopic (exact) mass is 193 g/mol. The Balaban J connectivity index is 2.24. The Morgan fingerprint density at radius 3 is 2.71 bits per heavy atom. The van der Waals surface area contributed by atoms with Gasteiger partial charge in [0.15, 0.2) is 0 Å². The first-order valence-corrected chi connectivity index (χ1v) is 4.74. The molecule has 1 aromatic heterocycles. The first-order chi connectivity index (χ1) is 6.77. The lowest BCUT2D eigenvalue weighted by molar-refractivity contribution is 0.589. The van der Waals surface area contributed by atoms with E-state index < -0.39 is 0 Å². The minimum atomic E-state index is 0.521. The topological polar surface area (TPSA) is 80.2 Å². The molecule has 14 heavy (non-hydrogen) atoms. The summed E-state index contributed by atoms with van der Waals surface area (Å²) in [6, 6.07) is 1.83. The number of piperazine rings is 1. The van der Waals surface area contributed by atoms with Crippen LogP contribution in [-0.4, -0.2) is 31.2 Å². The average Bonchev–Trinajstić information content (AvgIpc) is 2.23. The highest BCUT2D eigenvalue weighted by molar-refractivity contribution is 5.69. The predicted octanol–water partition coefficient (Wildman–Crippen LogP) is -0.344. The minimum Gasteiger partial charge on any atom is -0.396 e. The molecular formula is C9H15N5.